The Morgan fingerprint density at radius 1 is 1.00 bits per heavy atom. The third-order valence-corrected chi connectivity index (χ3v) is 5.83. The summed E-state index contributed by atoms with van der Waals surface area (Å²) in [5.74, 6) is -0.225. The maximum atomic E-state index is 11.0. The Morgan fingerprint density at radius 3 is 2.50 bits per heavy atom. The number of benzene rings is 3. The van der Waals surface area contributed by atoms with E-state index in [1.807, 2.05) is 54.6 Å². The Balaban J connectivity index is 1.58. The SMILES string of the molecule is N#Cc1ccc(Nc2cnccc2SCc2ccc(C(=O)O)cc2)c2ccccc12. The molecule has 0 unspecified atom stereocenters. The minimum absolute atomic E-state index is 0.280. The van der Waals surface area contributed by atoms with Crippen LogP contribution in [0.4, 0.5) is 11.4 Å². The number of aromatic carboxylic acids is 1. The van der Waals surface area contributed by atoms with Crippen molar-refractivity contribution in [3.05, 3.63) is 95.8 Å². The van der Waals surface area contributed by atoms with Crippen molar-refractivity contribution >= 4 is 39.9 Å². The highest BCUT2D eigenvalue weighted by Gasteiger charge is 2.09. The third kappa shape index (κ3) is 4.12. The van der Waals surface area contributed by atoms with E-state index in [9.17, 15) is 10.1 Å². The van der Waals surface area contributed by atoms with Crippen molar-refractivity contribution in [3.63, 3.8) is 0 Å². The van der Waals surface area contributed by atoms with Gasteiger partial charge in [-0.2, -0.15) is 5.26 Å². The van der Waals surface area contributed by atoms with Crippen molar-refractivity contribution in [2.45, 2.75) is 10.6 Å². The lowest BCUT2D eigenvalue weighted by Gasteiger charge is -2.14. The lowest BCUT2D eigenvalue weighted by molar-refractivity contribution is 0.0697. The summed E-state index contributed by atoms with van der Waals surface area (Å²) < 4.78 is 0. The second kappa shape index (κ2) is 8.68. The summed E-state index contributed by atoms with van der Waals surface area (Å²) in [6.07, 6.45) is 3.53. The summed E-state index contributed by atoms with van der Waals surface area (Å²) in [4.78, 5) is 16.3. The molecule has 0 aliphatic carbocycles. The molecule has 5 nitrogen and oxygen atoms in total. The van der Waals surface area contributed by atoms with Gasteiger partial charge < -0.3 is 10.4 Å². The second-order valence-corrected chi connectivity index (χ2v) is 7.62. The van der Waals surface area contributed by atoms with Gasteiger partial charge in [-0.25, -0.2) is 4.79 Å². The molecular formula is C24H17N3O2S. The molecular weight excluding hydrogens is 394 g/mol. The topological polar surface area (TPSA) is 86.0 Å². The van der Waals surface area contributed by atoms with Crippen LogP contribution in [0.15, 0.2) is 84.0 Å². The number of nitrogens with zero attached hydrogens (tertiary/aromatic N) is 2. The molecule has 1 heterocycles. The van der Waals surface area contributed by atoms with Crippen LogP contribution in [0.5, 0.6) is 0 Å². The number of pyridine rings is 1. The summed E-state index contributed by atoms with van der Waals surface area (Å²) in [7, 11) is 0. The third-order valence-electron chi connectivity index (χ3n) is 4.69. The molecule has 0 atom stereocenters. The smallest absolute Gasteiger partial charge is 0.335 e. The lowest BCUT2D eigenvalue weighted by atomic mass is 10.0. The number of anilines is 2. The van der Waals surface area contributed by atoms with Gasteiger partial charge in [0.15, 0.2) is 0 Å². The van der Waals surface area contributed by atoms with Crippen LogP contribution in [0.2, 0.25) is 0 Å². The van der Waals surface area contributed by atoms with Crippen LogP contribution >= 0.6 is 11.8 Å². The molecule has 6 heteroatoms. The highest BCUT2D eigenvalue weighted by atomic mass is 32.2. The molecule has 0 saturated carbocycles. The summed E-state index contributed by atoms with van der Waals surface area (Å²) in [5, 5.41) is 23.7. The van der Waals surface area contributed by atoms with Crippen LogP contribution < -0.4 is 5.32 Å². The second-order valence-electron chi connectivity index (χ2n) is 6.61. The lowest BCUT2D eigenvalue weighted by Crippen LogP contribution is -1.96. The van der Waals surface area contributed by atoms with Crippen molar-refractivity contribution in [1.29, 1.82) is 5.26 Å². The van der Waals surface area contributed by atoms with E-state index in [4.69, 9.17) is 5.11 Å². The van der Waals surface area contributed by atoms with Crippen LogP contribution in [-0.2, 0) is 5.75 Å². The molecule has 0 radical (unpaired) electrons. The maximum absolute atomic E-state index is 11.0. The molecule has 0 spiro atoms. The number of hydrogen-bond donors (Lipinski definition) is 2. The Kier molecular flexibility index (Phi) is 5.64. The van der Waals surface area contributed by atoms with Crippen molar-refractivity contribution in [3.8, 4) is 6.07 Å². The molecule has 2 N–H and O–H groups in total. The fourth-order valence-corrected chi connectivity index (χ4v) is 4.09. The van der Waals surface area contributed by atoms with Crippen molar-refractivity contribution in [2.75, 3.05) is 5.32 Å². The van der Waals surface area contributed by atoms with Gasteiger partial charge in [0.1, 0.15) is 0 Å². The Labute approximate surface area is 178 Å². The van der Waals surface area contributed by atoms with Gasteiger partial charge >= 0.3 is 5.97 Å². The zero-order chi connectivity index (χ0) is 20.9. The Bertz CT molecular complexity index is 1260. The van der Waals surface area contributed by atoms with E-state index < -0.39 is 5.97 Å². The number of carbonyl (C=O) groups is 1. The molecule has 4 aromatic rings. The molecule has 3 aromatic carbocycles. The predicted octanol–water partition coefficient (Wildman–Crippen LogP) is 5.84. The molecule has 0 aliphatic heterocycles. The van der Waals surface area contributed by atoms with E-state index in [-0.39, 0.29) is 5.56 Å². The van der Waals surface area contributed by atoms with Gasteiger partial charge in [-0.1, -0.05) is 36.4 Å². The molecule has 1 aromatic heterocycles. The van der Waals surface area contributed by atoms with Crippen LogP contribution in [0.25, 0.3) is 10.8 Å². The van der Waals surface area contributed by atoms with E-state index in [0.29, 0.717) is 11.3 Å². The number of carboxylic acids is 1. The number of nitrogens with one attached hydrogen (secondary N) is 1. The summed E-state index contributed by atoms with van der Waals surface area (Å²) in [6, 6.07) is 22.6. The standard InChI is InChI=1S/C24H17N3O2S/c25-13-18-9-10-21(20-4-2-1-3-19(18)20)27-22-14-26-12-11-23(22)30-15-16-5-7-17(8-6-16)24(28)29/h1-12,14,27H,15H2,(H,28,29). The van der Waals surface area contributed by atoms with Crippen LogP contribution in [-0.4, -0.2) is 16.1 Å². The van der Waals surface area contributed by atoms with E-state index in [2.05, 4.69) is 16.4 Å². The van der Waals surface area contributed by atoms with E-state index in [1.54, 1.807) is 36.3 Å². The van der Waals surface area contributed by atoms with Crippen molar-refractivity contribution < 1.29 is 9.90 Å². The van der Waals surface area contributed by atoms with E-state index in [1.165, 1.54) is 0 Å². The highest BCUT2D eigenvalue weighted by molar-refractivity contribution is 7.98. The minimum Gasteiger partial charge on any atom is -0.478 e. The predicted molar refractivity (Wildman–Crippen MR) is 119 cm³/mol. The first-order valence-electron chi connectivity index (χ1n) is 9.23. The number of aromatic nitrogens is 1. The monoisotopic (exact) mass is 411 g/mol. The molecule has 0 fully saturated rings. The first-order chi connectivity index (χ1) is 14.7. The van der Waals surface area contributed by atoms with E-state index in [0.717, 1.165) is 32.6 Å². The largest absolute Gasteiger partial charge is 0.478 e. The molecule has 146 valence electrons. The fourth-order valence-electron chi connectivity index (χ4n) is 3.16. The van der Waals surface area contributed by atoms with Gasteiger partial charge in [-0.05, 0) is 35.9 Å². The average Bonchev–Trinajstić information content (AvgIpc) is 2.79. The highest BCUT2D eigenvalue weighted by Crippen LogP contribution is 2.34. The Morgan fingerprint density at radius 2 is 1.77 bits per heavy atom. The van der Waals surface area contributed by atoms with Gasteiger partial charge in [0.05, 0.1) is 29.1 Å². The Hall–Kier alpha value is -3.82. The maximum Gasteiger partial charge on any atom is 0.335 e. The number of rotatable bonds is 6. The number of thioether (sulfide) groups is 1. The summed E-state index contributed by atoms with van der Waals surface area (Å²) in [6.45, 7) is 0. The van der Waals surface area contributed by atoms with Crippen LogP contribution in [0, 0.1) is 11.3 Å². The summed E-state index contributed by atoms with van der Waals surface area (Å²) >= 11 is 1.64. The molecule has 4 rings (SSSR count). The first-order valence-corrected chi connectivity index (χ1v) is 10.2. The first kappa shape index (κ1) is 19.5. The zero-order valence-corrected chi connectivity index (χ0v) is 16.7. The molecule has 0 bridgehead atoms. The number of nitriles is 1. The normalized spacial score (nSPS) is 10.5. The van der Waals surface area contributed by atoms with Gasteiger partial charge in [-0.15, -0.1) is 11.8 Å². The molecule has 30 heavy (non-hydrogen) atoms. The van der Waals surface area contributed by atoms with Crippen LogP contribution in [0.3, 0.4) is 0 Å². The van der Waals surface area contributed by atoms with Gasteiger partial charge in [-0.3, -0.25) is 4.98 Å². The number of carboxylic acid groups (broad SMARTS) is 1. The summed E-state index contributed by atoms with van der Waals surface area (Å²) in [5.41, 5.74) is 3.74. The molecule has 0 aliphatic rings. The van der Waals surface area contributed by atoms with Gasteiger partial charge in [0.2, 0.25) is 0 Å². The number of hydrogen-bond acceptors (Lipinski definition) is 5. The quantitative estimate of drug-likeness (QED) is 0.388. The van der Waals surface area contributed by atoms with Gasteiger partial charge in [0.25, 0.3) is 0 Å². The van der Waals surface area contributed by atoms with E-state index >= 15 is 0 Å². The van der Waals surface area contributed by atoms with Crippen LogP contribution in [0.1, 0.15) is 21.5 Å². The average molecular weight is 411 g/mol. The number of fused-ring (bicyclic) bond motifs is 1. The fraction of sp³-hybridized carbons (Fsp3) is 0.0417. The zero-order valence-electron chi connectivity index (χ0n) is 15.9. The molecule has 0 amide bonds. The minimum atomic E-state index is -0.926. The van der Waals surface area contributed by atoms with Gasteiger partial charge in [0, 0.05) is 33.3 Å². The van der Waals surface area contributed by atoms with Crippen molar-refractivity contribution in [1.82, 2.24) is 4.98 Å². The molecule has 0 saturated heterocycles. The van der Waals surface area contributed by atoms with Crippen molar-refractivity contribution in [2.24, 2.45) is 0 Å².